The van der Waals surface area contributed by atoms with Crippen molar-refractivity contribution in [3.63, 3.8) is 0 Å². The van der Waals surface area contributed by atoms with E-state index in [1.165, 1.54) is 30.3 Å². The van der Waals surface area contributed by atoms with Crippen LogP contribution in [-0.2, 0) is 10.0 Å². The maximum Gasteiger partial charge on any atom is 0.244 e. The number of hydrogen-bond acceptors (Lipinski definition) is 2. The van der Waals surface area contributed by atoms with Crippen LogP contribution in [0, 0.1) is 11.6 Å². The molecule has 0 bridgehead atoms. The molecule has 0 aromatic heterocycles. The molecule has 0 saturated carbocycles. The molecule has 112 valence electrons. The molecule has 0 heterocycles. The van der Waals surface area contributed by atoms with Gasteiger partial charge in [-0.15, -0.1) is 0 Å². The molecule has 0 aliphatic heterocycles. The van der Waals surface area contributed by atoms with E-state index in [2.05, 4.69) is 4.72 Å². The van der Waals surface area contributed by atoms with Crippen molar-refractivity contribution in [1.82, 2.24) is 4.72 Å². The van der Waals surface area contributed by atoms with Gasteiger partial charge in [-0.05, 0) is 42.8 Å². The summed E-state index contributed by atoms with van der Waals surface area (Å²) < 4.78 is 53.2. The number of nitrogens with one attached hydrogen (secondary N) is 1. The van der Waals surface area contributed by atoms with Crippen molar-refractivity contribution in [1.29, 1.82) is 0 Å². The third-order valence-corrected chi connectivity index (χ3v) is 4.69. The van der Waals surface area contributed by atoms with Crippen LogP contribution >= 0.6 is 11.6 Å². The van der Waals surface area contributed by atoms with Crippen molar-refractivity contribution in [2.24, 2.45) is 0 Å². The van der Waals surface area contributed by atoms with Crippen LogP contribution in [0.15, 0.2) is 47.4 Å². The predicted octanol–water partition coefficient (Wildman–Crippen LogP) is 3.66. The van der Waals surface area contributed by atoms with E-state index in [9.17, 15) is 17.2 Å². The Hall–Kier alpha value is -1.50. The van der Waals surface area contributed by atoms with Crippen molar-refractivity contribution in [2.45, 2.75) is 17.9 Å². The SMILES string of the molecule is C[C@H](NS(=O)(=O)c1ccc(Cl)cc1F)c1ccc(F)cc1. The van der Waals surface area contributed by atoms with Crippen LogP contribution < -0.4 is 4.72 Å². The van der Waals surface area contributed by atoms with Gasteiger partial charge in [-0.25, -0.2) is 21.9 Å². The molecule has 0 fully saturated rings. The molecular formula is C14H12ClF2NO2S. The molecule has 2 aromatic rings. The van der Waals surface area contributed by atoms with Gasteiger partial charge in [-0.1, -0.05) is 23.7 Å². The van der Waals surface area contributed by atoms with Crippen molar-refractivity contribution < 1.29 is 17.2 Å². The van der Waals surface area contributed by atoms with Gasteiger partial charge in [0.15, 0.2) is 0 Å². The van der Waals surface area contributed by atoms with E-state index in [4.69, 9.17) is 11.6 Å². The summed E-state index contributed by atoms with van der Waals surface area (Å²) in [5, 5.41) is 0.109. The van der Waals surface area contributed by atoms with E-state index < -0.39 is 32.6 Å². The van der Waals surface area contributed by atoms with E-state index in [-0.39, 0.29) is 5.02 Å². The van der Waals surface area contributed by atoms with Gasteiger partial charge in [0, 0.05) is 11.1 Å². The third kappa shape index (κ3) is 3.78. The van der Waals surface area contributed by atoms with Crippen molar-refractivity contribution in [3.8, 4) is 0 Å². The fourth-order valence-electron chi connectivity index (χ4n) is 1.81. The van der Waals surface area contributed by atoms with E-state index >= 15 is 0 Å². The maximum atomic E-state index is 13.7. The van der Waals surface area contributed by atoms with Crippen LogP contribution in [0.3, 0.4) is 0 Å². The average Bonchev–Trinajstić information content (AvgIpc) is 2.38. The monoisotopic (exact) mass is 331 g/mol. The van der Waals surface area contributed by atoms with Crippen molar-refractivity contribution >= 4 is 21.6 Å². The van der Waals surface area contributed by atoms with E-state index in [1.807, 2.05) is 0 Å². The van der Waals surface area contributed by atoms with Gasteiger partial charge in [-0.3, -0.25) is 0 Å². The lowest BCUT2D eigenvalue weighted by Crippen LogP contribution is -2.27. The second-order valence-corrected chi connectivity index (χ2v) is 6.59. The van der Waals surface area contributed by atoms with Crippen LogP contribution in [0.25, 0.3) is 0 Å². The zero-order chi connectivity index (χ0) is 15.6. The van der Waals surface area contributed by atoms with E-state index in [0.29, 0.717) is 5.56 Å². The van der Waals surface area contributed by atoms with Crippen LogP contribution in [-0.4, -0.2) is 8.42 Å². The van der Waals surface area contributed by atoms with Gasteiger partial charge in [0.05, 0.1) is 0 Å². The summed E-state index contributed by atoms with van der Waals surface area (Å²) in [6.45, 7) is 1.58. The minimum Gasteiger partial charge on any atom is -0.207 e. The molecule has 0 radical (unpaired) electrons. The molecule has 0 aliphatic rings. The molecule has 7 heteroatoms. The molecule has 0 aliphatic carbocycles. The van der Waals surface area contributed by atoms with E-state index in [1.54, 1.807) is 6.92 Å². The fourth-order valence-corrected chi connectivity index (χ4v) is 3.26. The van der Waals surface area contributed by atoms with Gasteiger partial charge in [-0.2, -0.15) is 0 Å². The normalized spacial score (nSPS) is 13.1. The zero-order valence-electron chi connectivity index (χ0n) is 11.0. The summed E-state index contributed by atoms with van der Waals surface area (Å²) in [4.78, 5) is -0.485. The first kappa shape index (κ1) is 15.9. The molecule has 1 N–H and O–H groups in total. The predicted molar refractivity (Wildman–Crippen MR) is 76.5 cm³/mol. The smallest absolute Gasteiger partial charge is 0.207 e. The number of rotatable bonds is 4. The largest absolute Gasteiger partial charge is 0.244 e. The van der Waals surface area contributed by atoms with Crippen LogP contribution in [0.1, 0.15) is 18.5 Å². The highest BCUT2D eigenvalue weighted by atomic mass is 35.5. The molecule has 3 nitrogen and oxygen atoms in total. The Morgan fingerprint density at radius 2 is 1.71 bits per heavy atom. The van der Waals surface area contributed by atoms with Crippen molar-refractivity contribution in [2.75, 3.05) is 0 Å². The molecular weight excluding hydrogens is 320 g/mol. The lowest BCUT2D eigenvalue weighted by atomic mass is 10.1. The molecule has 2 aromatic carbocycles. The first-order valence-electron chi connectivity index (χ1n) is 6.02. The number of sulfonamides is 1. The molecule has 0 spiro atoms. The molecule has 0 amide bonds. The second-order valence-electron chi connectivity index (χ2n) is 4.47. The Labute approximate surface area is 126 Å². The van der Waals surface area contributed by atoms with Gasteiger partial charge in [0.25, 0.3) is 0 Å². The maximum absolute atomic E-state index is 13.7. The molecule has 0 unspecified atom stereocenters. The first-order valence-corrected chi connectivity index (χ1v) is 7.88. The summed E-state index contributed by atoms with van der Waals surface area (Å²) in [5.74, 6) is -1.35. The Bertz CT molecular complexity index is 748. The summed E-state index contributed by atoms with van der Waals surface area (Å²) in [6, 6.07) is 8.05. The quantitative estimate of drug-likeness (QED) is 0.929. The molecule has 0 saturated heterocycles. The minimum atomic E-state index is -4.04. The van der Waals surface area contributed by atoms with Gasteiger partial charge >= 0.3 is 0 Å². The first-order chi connectivity index (χ1) is 9.79. The number of hydrogen-bond donors (Lipinski definition) is 1. The molecule has 2 rings (SSSR count). The van der Waals surface area contributed by atoms with Crippen LogP contribution in [0.2, 0.25) is 5.02 Å². The number of benzene rings is 2. The highest BCUT2D eigenvalue weighted by Crippen LogP contribution is 2.21. The number of halogens is 3. The summed E-state index contributed by atoms with van der Waals surface area (Å²) >= 11 is 5.59. The van der Waals surface area contributed by atoms with Crippen molar-refractivity contribution in [3.05, 3.63) is 64.7 Å². The lowest BCUT2D eigenvalue weighted by Gasteiger charge is -2.15. The van der Waals surface area contributed by atoms with Crippen LogP contribution in [0.5, 0.6) is 0 Å². The standard InChI is InChI=1S/C14H12ClF2NO2S/c1-9(10-2-5-12(16)6-3-10)18-21(19,20)14-7-4-11(15)8-13(14)17/h2-9,18H,1H3/t9-/m0/s1. The topological polar surface area (TPSA) is 46.2 Å². The highest BCUT2D eigenvalue weighted by Gasteiger charge is 2.22. The third-order valence-electron chi connectivity index (χ3n) is 2.89. The Kier molecular flexibility index (Phi) is 4.61. The highest BCUT2D eigenvalue weighted by molar-refractivity contribution is 7.89. The summed E-state index contributed by atoms with van der Waals surface area (Å²) in [5.41, 5.74) is 0.564. The van der Waals surface area contributed by atoms with E-state index in [0.717, 1.165) is 12.1 Å². The fraction of sp³-hybridized carbons (Fsp3) is 0.143. The summed E-state index contributed by atoms with van der Waals surface area (Å²) in [6.07, 6.45) is 0. The van der Waals surface area contributed by atoms with Crippen LogP contribution in [0.4, 0.5) is 8.78 Å². The van der Waals surface area contributed by atoms with Gasteiger partial charge in [0.2, 0.25) is 10.0 Å². The lowest BCUT2D eigenvalue weighted by molar-refractivity contribution is 0.547. The Balaban J connectivity index is 2.26. The zero-order valence-corrected chi connectivity index (χ0v) is 12.5. The van der Waals surface area contributed by atoms with Gasteiger partial charge in [0.1, 0.15) is 16.5 Å². The molecule has 1 atom stereocenters. The molecule has 21 heavy (non-hydrogen) atoms. The summed E-state index contributed by atoms with van der Waals surface area (Å²) in [7, 11) is -4.04. The minimum absolute atomic E-state index is 0.109. The Morgan fingerprint density at radius 3 is 2.29 bits per heavy atom. The second kappa shape index (κ2) is 6.09. The average molecular weight is 332 g/mol. The van der Waals surface area contributed by atoms with Gasteiger partial charge < -0.3 is 0 Å². The Morgan fingerprint density at radius 1 is 1.10 bits per heavy atom.